The second-order valence-electron chi connectivity index (χ2n) is 6.99. The molecule has 2 aromatic rings. The average molecular weight is 367 g/mol. The highest BCUT2D eigenvalue weighted by Crippen LogP contribution is 2.09. The molecule has 1 saturated heterocycles. The van der Waals surface area contributed by atoms with Crippen molar-refractivity contribution >= 4 is 5.91 Å². The maximum Gasteiger partial charge on any atom is 0.251 e. The molecule has 27 heavy (non-hydrogen) atoms. The Bertz CT molecular complexity index is 713. The first-order valence-electron chi connectivity index (χ1n) is 9.59. The third-order valence-electron chi connectivity index (χ3n) is 4.93. The van der Waals surface area contributed by atoms with Crippen LogP contribution in [0.15, 0.2) is 54.6 Å². The summed E-state index contributed by atoms with van der Waals surface area (Å²) in [6.07, 6.45) is 0. The summed E-state index contributed by atoms with van der Waals surface area (Å²) in [5.41, 5.74) is 3.07. The predicted octanol–water partition coefficient (Wildman–Crippen LogP) is 2.38. The number of methoxy groups -OCH3 is 1. The SMILES string of the molecule is COCc1cccc(C(=O)NCCN2CCN(Cc3ccccc3)CC2)c1. The minimum atomic E-state index is -0.0179. The quantitative estimate of drug-likeness (QED) is 0.778. The molecule has 0 bridgehead atoms. The molecule has 2 aromatic carbocycles. The van der Waals surface area contributed by atoms with E-state index >= 15 is 0 Å². The molecule has 1 heterocycles. The number of rotatable bonds is 8. The normalized spacial score (nSPS) is 15.6. The van der Waals surface area contributed by atoms with Gasteiger partial charge in [-0.1, -0.05) is 42.5 Å². The number of amides is 1. The van der Waals surface area contributed by atoms with Crippen molar-refractivity contribution in [3.05, 3.63) is 71.3 Å². The third-order valence-corrected chi connectivity index (χ3v) is 4.93. The van der Waals surface area contributed by atoms with Crippen molar-refractivity contribution in [3.8, 4) is 0 Å². The number of carbonyl (C=O) groups is 1. The molecule has 0 radical (unpaired) electrons. The summed E-state index contributed by atoms with van der Waals surface area (Å²) in [5, 5.41) is 3.03. The molecule has 0 unspecified atom stereocenters. The highest BCUT2D eigenvalue weighted by Gasteiger charge is 2.16. The van der Waals surface area contributed by atoms with Gasteiger partial charge in [0.1, 0.15) is 0 Å². The Labute approximate surface area is 161 Å². The first kappa shape index (κ1) is 19.5. The molecule has 0 saturated carbocycles. The number of ether oxygens (including phenoxy) is 1. The Morgan fingerprint density at radius 2 is 1.67 bits per heavy atom. The zero-order chi connectivity index (χ0) is 18.9. The molecular formula is C22H29N3O2. The number of piperazine rings is 1. The van der Waals surface area contributed by atoms with Crippen LogP contribution in [0.4, 0.5) is 0 Å². The van der Waals surface area contributed by atoms with Crippen LogP contribution in [0.3, 0.4) is 0 Å². The molecule has 0 spiro atoms. The minimum absolute atomic E-state index is 0.0179. The van der Waals surface area contributed by atoms with Gasteiger partial charge in [0.05, 0.1) is 6.61 Å². The zero-order valence-corrected chi connectivity index (χ0v) is 16.1. The topological polar surface area (TPSA) is 44.8 Å². The molecule has 5 heteroatoms. The smallest absolute Gasteiger partial charge is 0.251 e. The van der Waals surface area contributed by atoms with Gasteiger partial charge in [-0.2, -0.15) is 0 Å². The molecule has 0 atom stereocenters. The van der Waals surface area contributed by atoms with Crippen molar-refractivity contribution < 1.29 is 9.53 Å². The summed E-state index contributed by atoms with van der Waals surface area (Å²) >= 11 is 0. The number of nitrogens with zero attached hydrogens (tertiary/aromatic N) is 2. The van der Waals surface area contributed by atoms with Gasteiger partial charge < -0.3 is 10.1 Å². The Kier molecular flexibility index (Phi) is 7.39. The maximum atomic E-state index is 12.3. The van der Waals surface area contributed by atoms with E-state index in [1.807, 2.05) is 24.3 Å². The van der Waals surface area contributed by atoms with E-state index in [0.717, 1.165) is 44.8 Å². The van der Waals surface area contributed by atoms with Crippen LogP contribution in [0.2, 0.25) is 0 Å². The van der Waals surface area contributed by atoms with E-state index in [0.29, 0.717) is 18.7 Å². The van der Waals surface area contributed by atoms with Gasteiger partial charge in [0, 0.05) is 58.5 Å². The fourth-order valence-corrected chi connectivity index (χ4v) is 3.41. The molecule has 0 aromatic heterocycles. The molecule has 3 rings (SSSR count). The predicted molar refractivity (Wildman–Crippen MR) is 108 cm³/mol. The van der Waals surface area contributed by atoms with Gasteiger partial charge in [-0.3, -0.25) is 14.6 Å². The Morgan fingerprint density at radius 1 is 0.963 bits per heavy atom. The van der Waals surface area contributed by atoms with E-state index in [1.165, 1.54) is 5.56 Å². The van der Waals surface area contributed by atoms with Crippen LogP contribution >= 0.6 is 0 Å². The first-order chi connectivity index (χ1) is 13.2. The van der Waals surface area contributed by atoms with E-state index < -0.39 is 0 Å². The molecule has 1 N–H and O–H groups in total. The Balaban J connectivity index is 1.36. The van der Waals surface area contributed by atoms with Crippen LogP contribution in [0.5, 0.6) is 0 Å². The van der Waals surface area contributed by atoms with E-state index in [2.05, 4.69) is 45.4 Å². The number of hydrogen-bond acceptors (Lipinski definition) is 4. The van der Waals surface area contributed by atoms with E-state index in [9.17, 15) is 4.79 Å². The average Bonchev–Trinajstić information content (AvgIpc) is 2.70. The molecule has 1 aliphatic heterocycles. The number of carbonyl (C=O) groups excluding carboxylic acids is 1. The lowest BCUT2D eigenvalue weighted by molar-refractivity contribution is 0.0934. The number of benzene rings is 2. The summed E-state index contributed by atoms with van der Waals surface area (Å²) in [7, 11) is 1.66. The van der Waals surface area contributed by atoms with E-state index in [1.54, 1.807) is 7.11 Å². The van der Waals surface area contributed by atoms with Gasteiger partial charge in [-0.25, -0.2) is 0 Å². The van der Waals surface area contributed by atoms with Gasteiger partial charge in [0.25, 0.3) is 5.91 Å². The largest absolute Gasteiger partial charge is 0.380 e. The highest BCUT2D eigenvalue weighted by atomic mass is 16.5. The Morgan fingerprint density at radius 3 is 2.41 bits per heavy atom. The minimum Gasteiger partial charge on any atom is -0.380 e. The lowest BCUT2D eigenvalue weighted by atomic mass is 10.1. The first-order valence-corrected chi connectivity index (χ1v) is 9.59. The van der Waals surface area contributed by atoms with Crippen molar-refractivity contribution in [2.24, 2.45) is 0 Å². The summed E-state index contributed by atoms with van der Waals surface area (Å²) in [5.74, 6) is -0.0179. The van der Waals surface area contributed by atoms with Crippen LogP contribution in [-0.4, -0.2) is 62.1 Å². The van der Waals surface area contributed by atoms with Crippen molar-refractivity contribution in [2.45, 2.75) is 13.2 Å². The second kappa shape index (κ2) is 10.2. The van der Waals surface area contributed by atoms with Gasteiger partial charge in [-0.15, -0.1) is 0 Å². The van der Waals surface area contributed by atoms with Gasteiger partial charge in [-0.05, 0) is 23.3 Å². The molecule has 1 fully saturated rings. The van der Waals surface area contributed by atoms with Crippen LogP contribution in [0, 0.1) is 0 Å². The van der Waals surface area contributed by atoms with Gasteiger partial charge >= 0.3 is 0 Å². The molecule has 0 aliphatic carbocycles. The van der Waals surface area contributed by atoms with Crippen LogP contribution in [0.1, 0.15) is 21.5 Å². The fourth-order valence-electron chi connectivity index (χ4n) is 3.41. The zero-order valence-electron chi connectivity index (χ0n) is 16.1. The number of hydrogen-bond donors (Lipinski definition) is 1. The van der Waals surface area contributed by atoms with Crippen molar-refractivity contribution in [1.29, 1.82) is 0 Å². The standard InChI is InChI=1S/C22H29N3O2/c1-27-18-20-8-5-9-21(16-20)22(26)23-10-11-24-12-14-25(15-13-24)17-19-6-3-2-4-7-19/h2-9,16H,10-15,17-18H2,1H3,(H,23,26). The van der Waals surface area contributed by atoms with Crippen molar-refractivity contribution in [3.63, 3.8) is 0 Å². The second-order valence-corrected chi connectivity index (χ2v) is 6.99. The van der Waals surface area contributed by atoms with Crippen molar-refractivity contribution in [1.82, 2.24) is 15.1 Å². The summed E-state index contributed by atoms with van der Waals surface area (Å²) < 4.78 is 5.13. The van der Waals surface area contributed by atoms with Crippen molar-refractivity contribution in [2.75, 3.05) is 46.4 Å². The third kappa shape index (κ3) is 6.17. The summed E-state index contributed by atoms with van der Waals surface area (Å²) in [4.78, 5) is 17.2. The van der Waals surface area contributed by atoms with E-state index in [-0.39, 0.29) is 5.91 Å². The van der Waals surface area contributed by atoms with Crippen LogP contribution < -0.4 is 5.32 Å². The van der Waals surface area contributed by atoms with Crippen LogP contribution in [-0.2, 0) is 17.9 Å². The number of nitrogens with one attached hydrogen (secondary N) is 1. The molecule has 5 nitrogen and oxygen atoms in total. The molecule has 144 valence electrons. The maximum absolute atomic E-state index is 12.3. The molecule has 1 aliphatic rings. The fraction of sp³-hybridized carbons (Fsp3) is 0.409. The molecular weight excluding hydrogens is 338 g/mol. The molecule has 1 amide bonds. The van der Waals surface area contributed by atoms with Crippen LogP contribution in [0.25, 0.3) is 0 Å². The summed E-state index contributed by atoms with van der Waals surface area (Å²) in [6, 6.07) is 18.2. The lowest BCUT2D eigenvalue weighted by Gasteiger charge is -2.34. The van der Waals surface area contributed by atoms with Gasteiger partial charge in [0.15, 0.2) is 0 Å². The Hall–Kier alpha value is -2.21. The van der Waals surface area contributed by atoms with E-state index in [4.69, 9.17) is 4.74 Å². The van der Waals surface area contributed by atoms with Gasteiger partial charge in [0.2, 0.25) is 0 Å². The monoisotopic (exact) mass is 367 g/mol. The highest BCUT2D eigenvalue weighted by molar-refractivity contribution is 5.94. The summed E-state index contributed by atoms with van der Waals surface area (Å²) in [6.45, 7) is 7.34. The lowest BCUT2D eigenvalue weighted by Crippen LogP contribution is -2.48.